The number of hydrogen-bond donors (Lipinski definition) is 2. The molecule has 2 rings (SSSR count). The summed E-state index contributed by atoms with van der Waals surface area (Å²) in [6.07, 6.45) is 0.195. The molecule has 0 unspecified atom stereocenters. The molecule has 19 heavy (non-hydrogen) atoms. The smallest absolute Gasteiger partial charge is 0.345 e. The summed E-state index contributed by atoms with van der Waals surface area (Å²) in [5.41, 5.74) is 0.806. The summed E-state index contributed by atoms with van der Waals surface area (Å²) < 4.78 is 0. The number of halogens is 1. The van der Waals surface area contributed by atoms with Crippen LogP contribution >= 0.6 is 22.9 Å². The van der Waals surface area contributed by atoms with E-state index in [0.717, 1.165) is 16.9 Å². The standard InChI is InChI=1S/C13H10ClNO3S/c14-9-3-1-2-8(6-9)7-11(16)15-12-5-4-10(19-12)13(17)18/h1-6H,7H2,(H,15,16)(H,17,18). The molecule has 0 saturated carbocycles. The number of aromatic carboxylic acids is 1. The van der Waals surface area contributed by atoms with Crippen molar-refractivity contribution in [2.75, 3.05) is 5.32 Å². The number of thiophene rings is 1. The second-order valence-electron chi connectivity index (χ2n) is 3.82. The number of carbonyl (C=O) groups excluding carboxylic acids is 1. The minimum atomic E-state index is -1.000. The van der Waals surface area contributed by atoms with Crippen LogP contribution in [0.4, 0.5) is 5.00 Å². The van der Waals surface area contributed by atoms with E-state index in [-0.39, 0.29) is 17.2 Å². The van der Waals surface area contributed by atoms with Gasteiger partial charge in [0.2, 0.25) is 5.91 Å². The van der Waals surface area contributed by atoms with Crippen LogP contribution in [0.5, 0.6) is 0 Å². The Labute approximate surface area is 118 Å². The van der Waals surface area contributed by atoms with Crippen molar-refractivity contribution in [1.29, 1.82) is 0 Å². The zero-order chi connectivity index (χ0) is 13.8. The third-order valence-corrected chi connectivity index (χ3v) is 3.56. The van der Waals surface area contributed by atoms with Crippen molar-refractivity contribution in [3.8, 4) is 0 Å². The number of carboxylic acid groups (broad SMARTS) is 1. The number of anilines is 1. The maximum Gasteiger partial charge on any atom is 0.345 e. The molecule has 0 aliphatic carbocycles. The summed E-state index contributed by atoms with van der Waals surface area (Å²) in [6, 6.07) is 10.1. The quantitative estimate of drug-likeness (QED) is 0.909. The van der Waals surface area contributed by atoms with Crippen molar-refractivity contribution >= 4 is 39.8 Å². The van der Waals surface area contributed by atoms with Crippen molar-refractivity contribution < 1.29 is 14.7 Å². The van der Waals surface area contributed by atoms with Crippen molar-refractivity contribution in [2.45, 2.75) is 6.42 Å². The Morgan fingerprint density at radius 1 is 1.26 bits per heavy atom. The summed E-state index contributed by atoms with van der Waals surface area (Å²) in [6.45, 7) is 0. The van der Waals surface area contributed by atoms with Crippen LogP contribution < -0.4 is 5.32 Å². The molecule has 0 fully saturated rings. The van der Waals surface area contributed by atoms with Gasteiger partial charge in [-0.15, -0.1) is 11.3 Å². The Kier molecular flexibility index (Phi) is 4.19. The molecule has 0 radical (unpaired) electrons. The Hall–Kier alpha value is -1.85. The van der Waals surface area contributed by atoms with Gasteiger partial charge in [-0.1, -0.05) is 23.7 Å². The van der Waals surface area contributed by atoms with Gasteiger partial charge in [-0.2, -0.15) is 0 Å². The van der Waals surface area contributed by atoms with Gasteiger partial charge in [0.05, 0.1) is 11.4 Å². The van der Waals surface area contributed by atoms with Crippen LogP contribution in [0.15, 0.2) is 36.4 Å². The lowest BCUT2D eigenvalue weighted by Gasteiger charge is -2.03. The molecule has 1 aromatic heterocycles. The molecule has 0 spiro atoms. The molecule has 6 heteroatoms. The molecule has 0 aliphatic heterocycles. The number of nitrogens with one attached hydrogen (secondary N) is 1. The van der Waals surface area contributed by atoms with Gasteiger partial charge in [-0.3, -0.25) is 4.79 Å². The largest absolute Gasteiger partial charge is 0.477 e. The summed E-state index contributed by atoms with van der Waals surface area (Å²) in [4.78, 5) is 22.7. The molecule has 1 heterocycles. The van der Waals surface area contributed by atoms with Crippen LogP contribution in [0.1, 0.15) is 15.2 Å². The first-order valence-electron chi connectivity index (χ1n) is 5.42. The molecular weight excluding hydrogens is 286 g/mol. The normalized spacial score (nSPS) is 10.2. The maximum absolute atomic E-state index is 11.8. The minimum absolute atomic E-state index is 0.193. The highest BCUT2D eigenvalue weighted by molar-refractivity contribution is 7.18. The highest BCUT2D eigenvalue weighted by Gasteiger charge is 2.09. The van der Waals surface area contributed by atoms with Crippen LogP contribution in [-0.2, 0) is 11.2 Å². The highest BCUT2D eigenvalue weighted by atomic mass is 35.5. The molecule has 0 atom stereocenters. The van der Waals surface area contributed by atoms with Gasteiger partial charge >= 0.3 is 5.97 Å². The first kappa shape index (κ1) is 13.6. The van der Waals surface area contributed by atoms with Crippen LogP contribution in [0.2, 0.25) is 5.02 Å². The molecule has 4 nitrogen and oxygen atoms in total. The lowest BCUT2D eigenvalue weighted by Crippen LogP contribution is -2.13. The van der Waals surface area contributed by atoms with Crippen molar-refractivity contribution in [3.05, 3.63) is 51.9 Å². The van der Waals surface area contributed by atoms with Crippen molar-refractivity contribution in [1.82, 2.24) is 0 Å². The third-order valence-electron chi connectivity index (χ3n) is 2.33. The average molecular weight is 296 g/mol. The van der Waals surface area contributed by atoms with E-state index in [1.807, 2.05) is 6.07 Å². The minimum Gasteiger partial charge on any atom is -0.477 e. The van der Waals surface area contributed by atoms with E-state index >= 15 is 0 Å². The third kappa shape index (κ3) is 3.81. The van der Waals surface area contributed by atoms with Crippen molar-refractivity contribution in [3.63, 3.8) is 0 Å². The summed E-state index contributed by atoms with van der Waals surface area (Å²) in [5.74, 6) is -1.21. The Morgan fingerprint density at radius 3 is 2.68 bits per heavy atom. The van der Waals surface area contributed by atoms with Crippen LogP contribution in [-0.4, -0.2) is 17.0 Å². The van der Waals surface area contributed by atoms with Crippen LogP contribution in [0.25, 0.3) is 0 Å². The first-order valence-corrected chi connectivity index (χ1v) is 6.61. The summed E-state index contributed by atoms with van der Waals surface area (Å²) in [7, 11) is 0. The van der Waals surface area contributed by atoms with Gasteiger partial charge in [-0.25, -0.2) is 4.79 Å². The molecule has 0 saturated heterocycles. The van der Waals surface area contributed by atoms with Gasteiger partial charge in [0.15, 0.2) is 0 Å². The van der Waals surface area contributed by atoms with E-state index in [9.17, 15) is 9.59 Å². The van der Waals surface area contributed by atoms with Gasteiger partial charge in [0.1, 0.15) is 4.88 Å². The maximum atomic E-state index is 11.8. The van der Waals surface area contributed by atoms with E-state index in [1.54, 1.807) is 24.3 Å². The number of benzene rings is 1. The Bertz CT molecular complexity index is 624. The SMILES string of the molecule is O=C(Cc1cccc(Cl)c1)Nc1ccc(C(=O)O)s1. The fourth-order valence-electron chi connectivity index (χ4n) is 1.53. The lowest BCUT2D eigenvalue weighted by atomic mass is 10.1. The molecular formula is C13H10ClNO3S. The molecule has 0 bridgehead atoms. The monoisotopic (exact) mass is 295 g/mol. The van der Waals surface area contributed by atoms with E-state index in [4.69, 9.17) is 16.7 Å². The molecule has 0 aliphatic rings. The first-order chi connectivity index (χ1) is 9.04. The molecule has 2 aromatic rings. The molecule has 98 valence electrons. The molecule has 1 amide bonds. The number of amides is 1. The molecule has 2 N–H and O–H groups in total. The van der Waals surface area contributed by atoms with E-state index < -0.39 is 5.97 Å². The summed E-state index contributed by atoms with van der Waals surface area (Å²) in [5, 5.41) is 12.5. The van der Waals surface area contributed by atoms with Gasteiger partial charge < -0.3 is 10.4 Å². The number of carboxylic acids is 1. The van der Waals surface area contributed by atoms with Crippen LogP contribution in [0, 0.1) is 0 Å². The van der Waals surface area contributed by atoms with Crippen molar-refractivity contribution in [2.24, 2.45) is 0 Å². The zero-order valence-corrected chi connectivity index (χ0v) is 11.3. The fourth-order valence-corrected chi connectivity index (χ4v) is 2.51. The average Bonchev–Trinajstić information content (AvgIpc) is 2.77. The predicted molar refractivity (Wildman–Crippen MR) is 75.1 cm³/mol. The topological polar surface area (TPSA) is 66.4 Å². The summed E-state index contributed by atoms with van der Waals surface area (Å²) >= 11 is 6.86. The number of hydrogen-bond acceptors (Lipinski definition) is 3. The van der Waals surface area contributed by atoms with E-state index in [0.29, 0.717) is 10.0 Å². The number of rotatable bonds is 4. The molecule has 1 aromatic carbocycles. The van der Waals surface area contributed by atoms with Crippen LogP contribution in [0.3, 0.4) is 0 Å². The predicted octanol–water partition coefficient (Wildman–Crippen LogP) is 3.28. The Morgan fingerprint density at radius 2 is 2.05 bits per heavy atom. The number of carbonyl (C=O) groups is 2. The van der Waals surface area contributed by atoms with E-state index in [2.05, 4.69) is 5.32 Å². The second kappa shape index (κ2) is 5.86. The van der Waals surface area contributed by atoms with E-state index in [1.165, 1.54) is 6.07 Å². The van der Waals surface area contributed by atoms with Gasteiger partial charge in [0, 0.05) is 5.02 Å². The Balaban J connectivity index is 1.99. The van der Waals surface area contributed by atoms with Gasteiger partial charge in [-0.05, 0) is 29.8 Å². The highest BCUT2D eigenvalue weighted by Crippen LogP contribution is 2.22. The zero-order valence-electron chi connectivity index (χ0n) is 9.72. The fraction of sp³-hybridized carbons (Fsp3) is 0.0769. The van der Waals surface area contributed by atoms with Gasteiger partial charge in [0.25, 0.3) is 0 Å². The second-order valence-corrected chi connectivity index (χ2v) is 5.34. The lowest BCUT2D eigenvalue weighted by molar-refractivity contribution is -0.115.